The molecule has 0 saturated carbocycles. The number of ether oxygens (including phenoxy) is 2. The number of rotatable bonds is 6. The second-order valence-electron chi connectivity index (χ2n) is 3.74. The second kappa shape index (κ2) is 6.96. The summed E-state index contributed by atoms with van der Waals surface area (Å²) in [5.41, 5.74) is 0. The van der Waals surface area contributed by atoms with Gasteiger partial charge in [0, 0.05) is 25.6 Å². The molecule has 1 unspecified atom stereocenters. The van der Waals surface area contributed by atoms with Crippen LogP contribution in [0.2, 0.25) is 0 Å². The van der Waals surface area contributed by atoms with Crippen LogP contribution in [0.1, 0.15) is 32.6 Å². The van der Waals surface area contributed by atoms with Crippen molar-refractivity contribution in [3.63, 3.8) is 0 Å². The molecule has 0 spiro atoms. The third-order valence-corrected chi connectivity index (χ3v) is 2.52. The topological polar surface area (TPSA) is 35.5 Å². The van der Waals surface area contributed by atoms with Gasteiger partial charge in [-0.05, 0) is 12.8 Å². The van der Waals surface area contributed by atoms with E-state index in [1.165, 1.54) is 0 Å². The van der Waals surface area contributed by atoms with E-state index in [9.17, 15) is 4.79 Å². The van der Waals surface area contributed by atoms with Gasteiger partial charge in [0.2, 0.25) is 0 Å². The molecule has 1 rings (SSSR count). The molecule has 1 aliphatic heterocycles. The van der Waals surface area contributed by atoms with Crippen LogP contribution in [0.3, 0.4) is 0 Å². The molecule has 0 amide bonds. The highest BCUT2D eigenvalue weighted by molar-refractivity contribution is 5.81. The highest BCUT2D eigenvalue weighted by Crippen LogP contribution is 2.13. The molecule has 1 saturated heterocycles. The number of carbonyl (C=O) groups is 1. The first-order valence-corrected chi connectivity index (χ1v) is 5.52. The van der Waals surface area contributed by atoms with E-state index in [4.69, 9.17) is 9.47 Å². The molecule has 0 aromatic carbocycles. The molecular formula is C11H20O3. The van der Waals surface area contributed by atoms with E-state index in [2.05, 4.69) is 6.92 Å². The summed E-state index contributed by atoms with van der Waals surface area (Å²) in [6.45, 7) is 4.85. The van der Waals surface area contributed by atoms with Gasteiger partial charge in [0.15, 0.2) is 0 Å². The third-order valence-electron chi connectivity index (χ3n) is 2.52. The van der Waals surface area contributed by atoms with Crippen molar-refractivity contribution < 1.29 is 14.3 Å². The van der Waals surface area contributed by atoms with Gasteiger partial charge >= 0.3 is 0 Å². The van der Waals surface area contributed by atoms with E-state index >= 15 is 0 Å². The maximum atomic E-state index is 11.4. The van der Waals surface area contributed by atoms with Crippen LogP contribution < -0.4 is 0 Å². The van der Waals surface area contributed by atoms with E-state index in [-0.39, 0.29) is 5.92 Å². The van der Waals surface area contributed by atoms with Gasteiger partial charge in [0.25, 0.3) is 0 Å². The largest absolute Gasteiger partial charge is 0.381 e. The quantitative estimate of drug-likeness (QED) is 0.613. The average molecular weight is 200 g/mol. The highest BCUT2D eigenvalue weighted by atomic mass is 16.5. The van der Waals surface area contributed by atoms with E-state index < -0.39 is 0 Å². The molecule has 1 heterocycles. The van der Waals surface area contributed by atoms with E-state index in [0.29, 0.717) is 32.0 Å². The predicted molar refractivity (Wildman–Crippen MR) is 54.3 cm³/mol. The Morgan fingerprint density at radius 3 is 3.07 bits per heavy atom. The molecule has 1 aliphatic rings. The Balaban J connectivity index is 2.02. The van der Waals surface area contributed by atoms with Crippen LogP contribution in [-0.2, 0) is 14.3 Å². The Labute approximate surface area is 85.8 Å². The molecule has 3 heteroatoms. The normalized spacial score (nSPS) is 22.6. The Bertz CT molecular complexity index is 168. The fraction of sp³-hybridized carbons (Fsp3) is 0.909. The van der Waals surface area contributed by atoms with Crippen LogP contribution in [0.25, 0.3) is 0 Å². The van der Waals surface area contributed by atoms with Crippen molar-refractivity contribution in [1.82, 2.24) is 0 Å². The van der Waals surface area contributed by atoms with Crippen LogP contribution in [0.4, 0.5) is 0 Å². The summed E-state index contributed by atoms with van der Waals surface area (Å²) in [6.07, 6.45) is 3.67. The lowest BCUT2D eigenvalue weighted by Crippen LogP contribution is -2.28. The standard InChI is InChI=1S/C11H20O3/c1-2-3-6-13-7-4-10-9-14-8-5-11(10)12/h10H,2-9H2,1H3. The molecule has 0 bridgehead atoms. The van der Waals surface area contributed by atoms with E-state index in [1.54, 1.807) is 0 Å². The molecule has 0 aromatic rings. The van der Waals surface area contributed by atoms with Crippen molar-refractivity contribution in [2.45, 2.75) is 32.6 Å². The number of hydrogen-bond acceptors (Lipinski definition) is 3. The van der Waals surface area contributed by atoms with Gasteiger partial charge in [-0.15, -0.1) is 0 Å². The number of ketones is 1. The van der Waals surface area contributed by atoms with Crippen LogP contribution in [-0.4, -0.2) is 32.2 Å². The lowest BCUT2D eigenvalue weighted by Gasteiger charge is -2.20. The SMILES string of the molecule is CCCCOCCC1COCCC1=O. The molecule has 0 radical (unpaired) electrons. The summed E-state index contributed by atoms with van der Waals surface area (Å²) < 4.78 is 10.7. The van der Waals surface area contributed by atoms with Gasteiger partial charge in [0.05, 0.1) is 13.2 Å². The van der Waals surface area contributed by atoms with Gasteiger partial charge in [-0.1, -0.05) is 13.3 Å². The van der Waals surface area contributed by atoms with Crippen molar-refractivity contribution in [2.75, 3.05) is 26.4 Å². The Morgan fingerprint density at radius 2 is 2.36 bits per heavy atom. The van der Waals surface area contributed by atoms with Crippen LogP contribution in [0, 0.1) is 5.92 Å². The summed E-state index contributed by atoms with van der Waals surface area (Å²) >= 11 is 0. The molecular weight excluding hydrogens is 180 g/mol. The second-order valence-corrected chi connectivity index (χ2v) is 3.74. The summed E-state index contributed by atoms with van der Waals surface area (Å²) in [5.74, 6) is 0.431. The van der Waals surface area contributed by atoms with Crippen LogP contribution in [0.15, 0.2) is 0 Å². The van der Waals surface area contributed by atoms with Gasteiger partial charge in [-0.25, -0.2) is 0 Å². The zero-order valence-corrected chi connectivity index (χ0v) is 8.96. The fourth-order valence-corrected chi connectivity index (χ4v) is 1.51. The molecule has 0 aliphatic carbocycles. The first-order valence-electron chi connectivity index (χ1n) is 5.52. The lowest BCUT2D eigenvalue weighted by atomic mass is 9.98. The molecule has 82 valence electrons. The number of carbonyl (C=O) groups excluding carboxylic acids is 1. The highest BCUT2D eigenvalue weighted by Gasteiger charge is 2.22. The monoisotopic (exact) mass is 200 g/mol. The predicted octanol–water partition coefficient (Wildman–Crippen LogP) is 1.80. The molecule has 0 N–H and O–H groups in total. The first-order chi connectivity index (χ1) is 6.84. The molecule has 3 nitrogen and oxygen atoms in total. The summed E-state index contributed by atoms with van der Waals surface area (Å²) in [6, 6.07) is 0. The number of hydrogen-bond donors (Lipinski definition) is 0. The summed E-state index contributed by atoms with van der Waals surface area (Å²) in [5, 5.41) is 0. The van der Waals surface area contributed by atoms with Gasteiger partial charge in [-0.2, -0.15) is 0 Å². The van der Waals surface area contributed by atoms with Gasteiger partial charge < -0.3 is 9.47 Å². The lowest BCUT2D eigenvalue weighted by molar-refractivity contribution is -0.131. The number of unbranched alkanes of at least 4 members (excludes halogenated alkanes) is 1. The minimum atomic E-state index is 0.0883. The molecule has 1 fully saturated rings. The van der Waals surface area contributed by atoms with Gasteiger partial charge in [0.1, 0.15) is 5.78 Å². The van der Waals surface area contributed by atoms with Crippen LogP contribution >= 0.6 is 0 Å². The Hall–Kier alpha value is -0.410. The molecule has 0 aromatic heterocycles. The zero-order valence-electron chi connectivity index (χ0n) is 8.96. The molecule has 1 atom stereocenters. The van der Waals surface area contributed by atoms with Crippen molar-refractivity contribution in [1.29, 1.82) is 0 Å². The van der Waals surface area contributed by atoms with Gasteiger partial charge in [-0.3, -0.25) is 4.79 Å². The zero-order chi connectivity index (χ0) is 10.2. The molecule has 14 heavy (non-hydrogen) atoms. The summed E-state index contributed by atoms with van der Waals surface area (Å²) in [7, 11) is 0. The third kappa shape index (κ3) is 4.20. The smallest absolute Gasteiger partial charge is 0.140 e. The Kier molecular flexibility index (Phi) is 5.80. The Morgan fingerprint density at radius 1 is 1.50 bits per heavy atom. The minimum absolute atomic E-state index is 0.0883. The van der Waals surface area contributed by atoms with E-state index in [1.807, 2.05) is 0 Å². The maximum absolute atomic E-state index is 11.4. The fourth-order valence-electron chi connectivity index (χ4n) is 1.51. The number of Topliss-reactive ketones (excluding diaryl/α,β-unsaturated/α-hetero) is 1. The van der Waals surface area contributed by atoms with Crippen molar-refractivity contribution in [3.8, 4) is 0 Å². The minimum Gasteiger partial charge on any atom is -0.381 e. The van der Waals surface area contributed by atoms with Crippen molar-refractivity contribution in [3.05, 3.63) is 0 Å². The average Bonchev–Trinajstić information content (AvgIpc) is 2.20. The summed E-state index contributed by atoms with van der Waals surface area (Å²) in [4.78, 5) is 11.4. The van der Waals surface area contributed by atoms with E-state index in [0.717, 1.165) is 25.9 Å². The van der Waals surface area contributed by atoms with Crippen LogP contribution in [0.5, 0.6) is 0 Å². The van der Waals surface area contributed by atoms with Crippen molar-refractivity contribution >= 4 is 5.78 Å². The first kappa shape index (κ1) is 11.7. The van der Waals surface area contributed by atoms with Crippen molar-refractivity contribution in [2.24, 2.45) is 5.92 Å². The maximum Gasteiger partial charge on any atom is 0.140 e.